The first-order valence-corrected chi connectivity index (χ1v) is 12.5. The van der Waals surface area contributed by atoms with Crippen LogP contribution in [0.5, 0.6) is 0 Å². The van der Waals surface area contributed by atoms with Gasteiger partial charge in [0.05, 0.1) is 6.61 Å². The van der Waals surface area contributed by atoms with Gasteiger partial charge in [0, 0.05) is 23.5 Å². The maximum Gasteiger partial charge on any atom is 0.326 e. The second-order valence-electron chi connectivity index (χ2n) is 9.81. The van der Waals surface area contributed by atoms with Crippen LogP contribution in [0.4, 0.5) is 0 Å². The van der Waals surface area contributed by atoms with Crippen LogP contribution < -0.4 is 21.7 Å². The van der Waals surface area contributed by atoms with Gasteiger partial charge in [0.1, 0.15) is 24.2 Å². The molecule has 2 aromatic rings. The third-order valence-electron chi connectivity index (χ3n) is 6.38. The molecule has 0 aliphatic carbocycles. The fourth-order valence-electron chi connectivity index (χ4n) is 4.00. The van der Waals surface area contributed by atoms with Gasteiger partial charge in [-0.15, -0.1) is 0 Å². The van der Waals surface area contributed by atoms with E-state index < -0.39 is 54.5 Å². The average molecular weight is 518 g/mol. The Bertz CT molecular complexity index is 1080. The van der Waals surface area contributed by atoms with E-state index in [1.54, 1.807) is 13.1 Å². The topological polar surface area (TPSA) is 187 Å². The lowest BCUT2D eigenvalue weighted by atomic mass is 9.96. The van der Waals surface area contributed by atoms with Crippen LogP contribution in [0.25, 0.3) is 10.9 Å². The Labute approximate surface area is 216 Å². The van der Waals surface area contributed by atoms with Crippen molar-refractivity contribution in [2.75, 3.05) is 6.61 Å². The van der Waals surface area contributed by atoms with E-state index in [9.17, 15) is 24.3 Å². The summed E-state index contributed by atoms with van der Waals surface area (Å²) in [5, 5.41) is 27.7. The molecule has 0 fully saturated rings. The van der Waals surface area contributed by atoms with Crippen LogP contribution >= 0.6 is 0 Å². The normalized spacial score (nSPS) is 15.4. The van der Waals surface area contributed by atoms with Crippen molar-refractivity contribution in [1.29, 1.82) is 0 Å². The molecule has 8 N–H and O–H groups in total. The van der Waals surface area contributed by atoms with Gasteiger partial charge in [-0.3, -0.25) is 14.4 Å². The van der Waals surface area contributed by atoms with Crippen molar-refractivity contribution in [2.24, 2.45) is 17.6 Å². The number of aliphatic hydroxyl groups is 1. The highest BCUT2D eigenvalue weighted by atomic mass is 16.4. The number of aliphatic hydroxyl groups excluding tert-OH is 1. The summed E-state index contributed by atoms with van der Waals surface area (Å²) in [7, 11) is 0. The number of hydrogen-bond donors (Lipinski definition) is 7. The van der Waals surface area contributed by atoms with Crippen LogP contribution in [0.3, 0.4) is 0 Å². The minimum atomic E-state index is -1.22. The lowest BCUT2D eigenvalue weighted by molar-refractivity contribution is -0.142. The molecular formula is C26H39N5O6. The zero-order valence-corrected chi connectivity index (χ0v) is 21.8. The van der Waals surface area contributed by atoms with Crippen LogP contribution in [0, 0.1) is 11.8 Å². The number of carboxylic acid groups (broad SMARTS) is 1. The molecule has 0 aliphatic rings. The molecule has 37 heavy (non-hydrogen) atoms. The van der Waals surface area contributed by atoms with Gasteiger partial charge in [-0.2, -0.15) is 0 Å². The minimum Gasteiger partial charge on any atom is -0.480 e. The lowest BCUT2D eigenvalue weighted by Gasteiger charge is -2.28. The smallest absolute Gasteiger partial charge is 0.326 e. The second kappa shape index (κ2) is 13.8. The van der Waals surface area contributed by atoms with Crippen molar-refractivity contribution in [1.82, 2.24) is 20.9 Å². The van der Waals surface area contributed by atoms with Gasteiger partial charge in [0.25, 0.3) is 0 Å². The number of nitrogens with two attached hydrogens (primary N) is 1. The Kier molecular flexibility index (Phi) is 11.1. The fourth-order valence-corrected chi connectivity index (χ4v) is 4.00. The summed E-state index contributed by atoms with van der Waals surface area (Å²) in [6, 6.07) is 3.05. The molecule has 3 amide bonds. The van der Waals surface area contributed by atoms with Crippen LogP contribution in [0.15, 0.2) is 30.5 Å². The van der Waals surface area contributed by atoms with E-state index in [2.05, 4.69) is 20.9 Å². The number of hydrogen-bond acceptors (Lipinski definition) is 6. The minimum absolute atomic E-state index is 0.0323. The van der Waals surface area contributed by atoms with Gasteiger partial charge in [0.15, 0.2) is 0 Å². The maximum atomic E-state index is 13.3. The first-order valence-electron chi connectivity index (χ1n) is 12.5. The Morgan fingerprint density at radius 1 is 0.973 bits per heavy atom. The summed E-state index contributed by atoms with van der Waals surface area (Å²) in [6.45, 7) is 6.80. The van der Waals surface area contributed by atoms with Crippen molar-refractivity contribution in [3.63, 3.8) is 0 Å². The van der Waals surface area contributed by atoms with Crippen molar-refractivity contribution in [3.05, 3.63) is 36.0 Å². The van der Waals surface area contributed by atoms with Crippen LogP contribution in [-0.4, -0.2) is 69.7 Å². The molecule has 1 heterocycles. The maximum absolute atomic E-state index is 13.3. The molecule has 2 rings (SSSR count). The highest BCUT2D eigenvalue weighted by Crippen LogP contribution is 2.19. The molecule has 11 nitrogen and oxygen atoms in total. The second-order valence-corrected chi connectivity index (χ2v) is 9.81. The SMILES string of the molecule is CCC(C)C(NC(=O)C(CC(C)C)NC(=O)C(N)CO)C(=O)NC(Cc1c[nH]c2ccccc12)C(=O)O. The van der Waals surface area contributed by atoms with Crippen molar-refractivity contribution in [2.45, 2.75) is 71.1 Å². The molecule has 0 radical (unpaired) electrons. The molecule has 0 spiro atoms. The molecule has 5 atom stereocenters. The number of amides is 3. The van der Waals surface area contributed by atoms with Crippen molar-refractivity contribution >= 4 is 34.6 Å². The standard InChI is InChI=1S/C26H39N5O6/c1-5-15(4)22(31-24(34)20(10-14(2)3)29-23(33)18(27)13-32)25(35)30-21(26(36)37)11-16-12-28-19-9-7-6-8-17(16)19/h6-9,12,14-15,18,20-22,28,32H,5,10-11,13,27H2,1-4H3,(H,29,33)(H,30,35)(H,31,34)(H,36,37). The molecule has 204 valence electrons. The number of carboxylic acids is 1. The highest BCUT2D eigenvalue weighted by molar-refractivity contribution is 5.94. The number of nitrogens with one attached hydrogen (secondary N) is 4. The first-order chi connectivity index (χ1) is 17.5. The summed E-state index contributed by atoms with van der Waals surface area (Å²) in [6.07, 6.45) is 2.59. The van der Waals surface area contributed by atoms with E-state index in [0.29, 0.717) is 6.42 Å². The van der Waals surface area contributed by atoms with Crippen molar-refractivity contribution < 1.29 is 29.4 Å². The Balaban J connectivity index is 2.20. The molecule has 0 aliphatic heterocycles. The molecule has 11 heteroatoms. The molecule has 0 bridgehead atoms. The third kappa shape index (κ3) is 8.29. The number of carbonyl (C=O) groups excluding carboxylic acids is 3. The Morgan fingerprint density at radius 2 is 1.62 bits per heavy atom. The Morgan fingerprint density at radius 3 is 2.22 bits per heavy atom. The number of rotatable bonds is 14. The van der Waals surface area contributed by atoms with Crippen molar-refractivity contribution in [3.8, 4) is 0 Å². The van der Waals surface area contributed by atoms with Crippen LogP contribution in [0.1, 0.15) is 46.1 Å². The molecule has 1 aromatic carbocycles. The van der Waals surface area contributed by atoms with E-state index >= 15 is 0 Å². The zero-order valence-electron chi connectivity index (χ0n) is 21.8. The number of aromatic amines is 1. The van der Waals surface area contributed by atoms with Gasteiger partial charge in [-0.1, -0.05) is 52.3 Å². The van der Waals surface area contributed by atoms with Gasteiger partial charge < -0.3 is 36.9 Å². The summed E-state index contributed by atoms with van der Waals surface area (Å²) in [5.41, 5.74) is 7.17. The fraction of sp³-hybridized carbons (Fsp3) is 0.538. The van der Waals surface area contributed by atoms with E-state index in [0.717, 1.165) is 16.5 Å². The van der Waals surface area contributed by atoms with Gasteiger partial charge in [-0.25, -0.2) is 4.79 Å². The third-order valence-corrected chi connectivity index (χ3v) is 6.38. The largest absolute Gasteiger partial charge is 0.480 e. The van der Waals surface area contributed by atoms with E-state index in [4.69, 9.17) is 10.8 Å². The summed E-state index contributed by atoms with van der Waals surface area (Å²) < 4.78 is 0. The lowest BCUT2D eigenvalue weighted by Crippen LogP contribution is -2.59. The molecule has 1 aromatic heterocycles. The van der Waals surface area contributed by atoms with E-state index in [1.807, 2.05) is 45.0 Å². The van der Waals surface area contributed by atoms with Crippen LogP contribution in [0.2, 0.25) is 0 Å². The number of aliphatic carboxylic acids is 1. The molecule has 5 unspecified atom stereocenters. The summed E-state index contributed by atoms with van der Waals surface area (Å²) >= 11 is 0. The van der Waals surface area contributed by atoms with Crippen LogP contribution in [-0.2, 0) is 25.6 Å². The predicted molar refractivity (Wildman–Crippen MR) is 139 cm³/mol. The number of para-hydroxylation sites is 1. The quantitative estimate of drug-likeness (QED) is 0.192. The van der Waals surface area contributed by atoms with Gasteiger partial charge in [0.2, 0.25) is 17.7 Å². The molecular weight excluding hydrogens is 478 g/mol. The average Bonchev–Trinajstić information content (AvgIpc) is 3.27. The Hall–Kier alpha value is -3.44. The number of fused-ring (bicyclic) bond motifs is 1. The van der Waals surface area contributed by atoms with Gasteiger partial charge >= 0.3 is 5.97 Å². The van der Waals surface area contributed by atoms with Gasteiger partial charge in [-0.05, 0) is 29.9 Å². The first kappa shape index (κ1) is 29.8. The number of carbonyl (C=O) groups is 4. The molecule has 0 saturated carbocycles. The monoisotopic (exact) mass is 517 g/mol. The number of aromatic nitrogens is 1. The highest BCUT2D eigenvalue weighted by Gasteiger charge is 2.33. The van der Waals surface area contributed by atoms with E-state index in [1.165, 1.54) is 0 Å². The summed E-state index contributed by atoms with van der Waals surface area (Å²) in [4.78, 5) is 53.8. The summed E-state index contributed by atoms with van der Waals surface area (Å²) in [5.74, 6) is -3.38. The molecule has 0 saturated heterocycles. The zero-order chi connectivity index (χ0) is 27.7. The predicted octanol–water partition coefficient (Wildman–Crippen LogP) is 0.661. The van der Waals surface area contributed by atoms with E-state index in [-0.39, 0.29) is 24.7 Å². The number of benzene rings is 1. The number of H-pyrrole nitrogens is 1.